The number of benzene rings is 1. The Morgan fingerprint density at radius 2 is 2.00 bits per heavy atom. The summed E-state index contributed by atoms with van der Waals surface area (Å²) < 4.78 is 17.3. The fourth-order valence-electron chi connectivity index (χ4n) is 1.64. The molecule has 1 aromatic heterocycles. The predicted molar refractivity (Wildman–Crippen MR) is 71.7 cm³/mol. The average Bonchev–Trinajstić information content (AvgIpc) is 2.81. The zero-order valence-corrected chi connectivity index (χ0v) is 11.5. The number of carboxylic acids is 1. The molecule has 1 unspecified atom stereocenters. The summed E-state index contributed by atoms with van der Waals surface area (Å²) >= 11 is 0. The van der Waals surface area contributed by atoms with Crippen molar-refractivity contribution in [3.05, 3.63) is 53.0 Å². The van der Waals surface area contributed by atoms with Gasteiger partial charge in [0.1, 0.15) is 12.0 Å². The van der Waals surface area contributed by atoms with E-state index in [2.05, 4.69) is 0 Å². The second-order valence-electron chi connectivity index (χ2n) is 4.34. The maximum absolute atomic E-state index is 12.2. The smallest absolute Gasteiger partial charge is 0.338 e. The summed E-state index contributed by atoms with van der Waals surface area (Å²) in [6.07, 6.45) is 1.16. The first kappa shape index (κ1) is 13.5. The molecule has 0 aliphatic carbocycles. The van der Waals surface area contributed by atoms with Crippen LogP contribution >= 0.6 is 0 Å². The summed E-state index contributed by atoms with van der Waals surface area (Å²) in [6, 6.07) is 7.03. The Hall–Kier alpha value is -1.88. The molecule has 2 aromatic rings. The van der Waals surface area contributed by atoms with Gasteiger partial charge in [-0.3, -0.25) is 4.21 Å². The molecule has 100 valence electrons. The number of carboxylic acid groups (broad SMARTS) is 1. The molecule has 0 spiro atoms. The van der Waals surface area contributed by atoms with Crippen LogP contribution in [0.4, 0.5) is 0 Å². The van der Waals surface area contributed by atoms with Crippen molar-refractivity contribution in [2.75, 3.05) is 0 Å². The normalized spacial score (nSPS) is 12.3. The van der Waals surface area contributed by atoms with E-state index in [0.717, 1.165) is 22.3 Å². The summed E-state index contributed by atoms with van der Waals surface area (Å²) in [7, 11) is -1.24. The number of hydrogen-bond acceptors (Lipinski definition) is 3. The van der Waals surface area contributed by atoms with E-state index in [-0.39, 0.29) is 11.3 Å². The molecular formula is C14H14O4S. The Kier molecular flexibility index (Phi) is 3.85. The van der Waals surface area contributed by atoms with Gasteiger partial charge in [-0.2, -0.15) is 0 Å². The van der Waals surface area contributed by atoms with Crippen LogP contribution < -0.4 is 0 Å². The second-order valence-corrected chi connectivity index (χ2v) is 5.79. The molecular weight excluding hydrogens is 264 g/mol. The molecule has 1 heterocycles. The van der Waals surface area contributed by atoms with E-state index in [1.54, 1.807) is 0 Å². The minimum Gasteiger partial charge on any atom is -0.478 e. The van der Waals surface area contributed by atoms with E-state index in [1.165, 1.54) is 6.07 Å². The fourth-order valence-corrected chi connectivity index (χ4v) is 2.74. The number of rotatable bonds is 4. The van der Waals surface area contributed by atoms with Gasteiger partial charge in [0.15, 0.2) is 0 Å². The van der Waals surface area contributed by atoms with Gasteiger partial charge < -0.3 is 9.52 Å². The van der Waals surface area contributed by atoms with Gasteiger partial charge in [-0.25, -0.2) is 4.79 Å². The van der Waals surface area contributed by atoms with Crippen LogP contribution in [0, 0.1) is 13.8 Å². The first-order valence-electron chi connectivity index (χ1n) is 5.73. The van der Waals surface area contributed by atoms with E-state index >= 15 is 0 Å². The highest BCUT2D eigenvalue weighted by molar-refractivity contribution is 7.84. The number of hydrogen-bond donors (Lipinski definition) is 1. The first-order chi connectivity index (χ1) is 8.97. The van der Waals surface area contributed by atoms with E-state index in [1.807, 2.05) is 32.0 Å². The molecule has 19 heavy (non-hydrogen) atoms. The molecule has 0 fully saturated rings. The zero-order valence-electron chi connectivity index (χ0n) is 10.7. The van der Waals surface area contributed by atoms with Crippen molar-refractivity contribution < 1.29 is 18.5 Å². The zero-order chi connectivity index (χ0) is 14.0. The molecule has 0 radical (unpaired) electrons. The third kappa shape index (κ3) is 3.12. The van der Waals surface area contributed by atoms with Gasteiger partial charge in [0.2, 0.25) is 0 Å². The van der Waals surface area contributed by atoms with E-state index in [4.69, 9.17) is 9.52 Å². The summed E-state index contributed by atoms with van der Waals surface area (Å²) in [5.41, 5.74) is 2.30. The van der Waals surface area contributed by atoms with Crippen molar-refractivity contribution in [1.82, 2.24) is 0 Å². The monoisotopic (exact) mass is 278 g/mol. The van der Waals surface area contributed by atoms with E-state index in [9.17, 15) is 9.00 Å². The minimum atomic E-state index is -1.24. The fraction of sp³-hybridized carbons (Fsp3) is 0.214. The highest BCUT2D eigenvalue weighted by Crippen LogP contribution is 2.17. The quantitative estimate of drug-likeness (QED) is 0.933. The Morgan fingerprint density at radius 3 is 2.58 bits per heavy atom. The molecule has 1 atom stereocenters. The third-order valence-electron chi connectivity index (χ3n) is 2.92. The van der Waals surface area contributed by atoms with Crippen molar-refractivity contribution in [3.63, 3.8) is 0 Å². The van der Waals surface area contributed by atoms with Crippen molar-refractivity contribution in [2.24, 2.45) is 0 Å². The van der Waals surface area contributed by atoms with Gasteiger partial charge in [-0.1, -0.05) is 6.07 Å². The molecule has 0 aliphatic heterocycles. The van der Waals surface area contributed by atoms with Crippen molar-refractivity contribution in [2.45, 2.75) is 24.5 Å². The molecule has 0 saturated heterocycles. The van der Waals surface area contributed by atoms with Crippen molar-refractivity contribution in [3.8, 4) is 0 Å². The molecule has 0 bridgehead atoms. The van der Waals surface area contributed by atoms with Crippen molar-refractivity contribution >= 4 is 16.8 Å². The maximum atomic E-state index is 12.2. The molecule has 1 N–H and O–H groups in total. The Bertz CT molecular complexity index is 643. The van der Waals surface area contributed by atoms with Crippen LogP contribution in [0.15, 0.2) is 39.8 Å². The van der Waals surface area contributed by atoms with Gasteiger partial charge in [0.25, 0.3) is 0 Å². The van der Waals surface area contributed by atoms with E-state index in [0.29, 0.717) is 5.76 Å². The average molecular weight is 278 g/mol. The molecule has 5 heteroatoms. The number of furan rings is 1. The van der Waals surface area contributed by atoms with Gasteiger partial charge in [-0.05, 0) is 43.2 Å². The lowest BCUT2D eigenvalue weighted by Gasteiger charge is -2.04. The predicted octanol–water partition coefficient (Wildman–Crippen LogP) is 2.90. The number of aromatic carboxylic acids is 1. The molecule has 0 amide bonds. The molecule has 4 nitrogen and oxygen atoms in total. The standard InChI is InChI=1S/C14H14O4S/c1-9-3-4-13(5-10(9)2)19(17)8-12-6-11(7-18-12)14(15)16/h3-7H,8H2,1-2H3,(H,15,16). The van der Waals surface area contributed by atoms with Gasteiger partial charge in [-0.15, -0.1) is 0 Å². The topological polar surface area (TPSA) is 67.5 Å². The lowest BCUT2D eigenvalue weighted by molar-refractivity contribution is 0.0696. The highest BCUT2D eigenvalue weighted by atomic mass is 32.2. The van der Waals surface area contributed by atoms with Crippen LogP contribution in [0.2, 0.25) is 0 Å². The Balaban J connectivity index is 2.15. The van der Waals surface area contributed by atoms with Crippen LogP contribution in [0.5, 0.6) is 0 Å². The lowest BCUT2D eigenvalue weighted by Crippen LogP contribution is -1.97. The number of carbonyl (C=O) groups is 1. The lowest BCUT2D eigenvalue weighted by atomic mass is 10.1. The number of aryl methyl sites for hydroxylation is 2. The van der Waals surface area contributed by atoms with Crippen LogP contribution in [0.25, 0.3) is 0 Å². The maximum Gasteiger partial charge on any atom is 0.338 e. The summed E-state index contributed by atoms with van der Waals surface area (Å²) in [5.74, 6) is -0.462. The largest absolute Gasteiger partial charge is 0.478 e. The summed E-state index contributed by atoms with van der Waals surface area (Å²) in [4.78, 5) is 11.4. The third-order valence-corrected chi connectivity index (χ3v) is 4.24. The van der Waals surface area contributed by atoms with Gasteiger partial charge in [0.05, 0.1) is 22.1 Å². The summed E-state index contributed by atoms with van der Waals surface area (Å²) in [5, 5.41) is 8.78. The second kappa shape index (κ2) is 5.40. The Morgan fingerprint density at radius 1 is 1.26 bits per heavy atom. The van der Waals surface area contributed by atoms with Crippen LogP contribution in [-0.2, 0) is 16.6 Å². The Labute approximate surface area is 113 Å². The molecule has 0 saturated carbocycles. The summed E-state index contributed by atoms with van der Waals surface area (Å²) in [6.45, 7) is 3.96. The highest BCUT2D eigenvalue weighted by Gasteiger charge is 2.12. The van der Waals surface area contributed by atoms with E-state index < -0.39 is 16.8 Å². The molecule has 0 aliphatic rings. The van der Waals surface area contributed by atoms with Crippen LogP contribution in [0.3, 0.4) is 0 Å². The van der Waals surface area contributed by atoms with Crippen LogP contribution in [-0.4, -0.2) is 15.3 Å². The van der Waals surface area contributed by atoms with Gasteiger partial charge in [0, 0.05) is 4.90 Å². The molecule has 1 aromatic carbocycles. The SMILES string of the molecule is Cc1ccc(S(=O)Cc2cc(C(=O)O)co2)cc1C. The van der Waals surface area contributed by atoms with Crippen molar-refractivity contribution in [1.29, 1.82) is 0 Å². The molecule has 2 rings (SSSR count). The first-order valence-corrected chi connectivity index (χ1v) is 7.05. The van der Waals surface area contributed by atoms with Crippen LogP contribution in [0.1, 0.15) is 27.2 Å². The van der Waals surface area contributed by atoms with Gasteiger partial charge >= 0.3 is 5.97 Å². The minimum absolute atomic E-state index is 0.0760.